The number of rotatable bonds is 8. The molecule has 0 saturated carbocycles. The van der Waals surface area contributed by atoms with E-state index >= 15 is 0 Å². The van der Waals surface area contributed by atoms with Gasteiger partial charge in [0.1, 0.15) is 11.6 Å². The van der Waals surface area contributed by atoms with Gasteiger partial charge in [0, 0.05) is 30.6 Å². The number of nitrogens with zero attached hydrogens (tertiary/aromatic N) is 2. The molecule has 1 heterocycles. The van der Waals surface area contributed by atoms with Gasteiger partial charge in [-0.25, -0.2) is 9.37 Å². The fourth-order valence-corrected chi connectivity index (χ4v) is 2.59. The molecule has 7 nitrogen and oxygen atoms in total. The number of aromatic nitrogens is 2. The minimum absolute atomic E-state index is 0.261. The molecule has 0 fully saturated rings. The predicted octanol–water partition coefficient (Wildman–Crippen LogP) is 4.00. The minimum atomic E-state index is -0.261. The summed E-state index contributed by atoms with van der Waals surface area (Å²) < 4.78 is 29.0. The molecule has 2 N–H and O–H groups in total. The van der Waals surface area contributed by atoms with Gasteiger partial charge in [-0.2, -0.15) is 4.98 Å². The summed E-state index contributed by atoms with van der Waals surface area (Å²) in [6, 6.07) is 11.6. The summed E-state index contributed by atoms with van der Waals surface area (Å²) in [5, 5.41) is 6.31. The summed E-state index contributed by atoms with van der Waals surface area (Å²) in [6.07, 6.45) is 1.64. The molecular weight excluding hydrogens is 363 g/mol. The van der Waals surface area contributed by atoms with E-state index in [1.807, 2.05) is 0 Å². The summed E-state index contributed by atoms with van der Waals surface area (Å²) in [5.41, 5.74) is 1.63. The number of hydrogen-bond acceptors (Lipinski definition) is 7. The normalized spacial score (nSPS) is 10.3. The second kappa shape index (κ2) is 8.90. The highest BCUT2D eigenvalue weighted by Gasteiger charge is 2.13. The molecule has 0 aliphatic heterocycles. The van der Waals surface area contributed by atoms with Crippen molar-refractivity contribution in [3.63, 3.8) is 0 Å². The van der Waals surface area contributed by atoms with E-state index in [0.717, 1.165) is 5.56 Å². The zero-order valence-electron chi connectivity index (χ0n) is 15.8. The van der Waals surface area contributed by atoms with Gasteiger partial charge in [-0.15, -0.1) is 0 Å². The lowest BCUT2D eigenvalue weighted by atomic mass is 10.2. The van der Waals surface area contributed by atoms with Crippen molar-refractivity contribution in [2.45, 2.75) is 6.54 Å². The van der Waals surface area contributed by atoms with Gasteiger partial charge in [0.25, 0.3) is 0 Å². The Labute approximate surface area is 162 Å². The van der Waals surface area contributed by atoms with E-state index in [1.165, 1.54) is 12.1 Å². The Kier molecular flexibility index (Phi) is 6.11. The molecule has 0 atom stereocenters. The molecule has 3 rings (SSSR count). The predicted molar refractivity (Wildman–Crippen MR) is 105 cm³/mol. The summed E-state index contributed by atoms with van der Waals surface area (Å²) >= 11 is 0. The summed E-state index contributed by atoms with van der Waals surface area (Å²) in [6.45, 7) is 0.515. The average Bonchev–Trinajstić information content (AvgIpc) is 2.73. The van der Waals surface area contributed by atoms with Gasteiger partial charge in [-0.05, 0) is 23.8 Å². The van der Waals surface area contributed by atoms with Crippen LogP contribution >= 0.6 is 0 Å². The highest BCUT2D eigenvalue weighted by atomic mass is 19.1. The van der Waals surface area contributed by atoms with E-state index in [0.29, 0.717) is 41.2 Å². The fourth-order valence-electron chi connectivity index (χ4n) is 2.59. The molecule has 0 radical (unpaired) electrons. The number of hydrogen-bond donors (Lipinski definition) is 2. The summed E-state index contributed by atoms with van der Waals surface area (Å²) in [5.74, 6) is 2.33. The maximum Gasteiger partial charge on any atom is 0.229 e. The lowest BCUT2D eigenvalue weighted by Gasteiger charge is -2.15. The van der Waals surface area contributed by atoms with Gasteiger partial charge in [-0.3, -0.25) is 0 Å². The van der Waals surface area contributed by atoms with Gasteiger partial charge >= 0.3 is 0 Å². The van der Waals surface area contributed by atoms with Crippen LogP contribution in [0.15, 0.2) is 48.7 Å². The highest BCUT2D eigenvalue weighted by Crippen LogP contribution is 2.40. The first-order chi connectivity index (χ1) is 13.6. The maximum absolute atomic E-state index is 13.0. The highest BCUT2D eigenvalue weighted by molar-refractivity contribution is 5.66. The third-order valence-corrected chi connectivity index (χ3v) is 3.96. The van der Waals surface area contributed by atoms with Gasteiger partial charge < -0.3 is 24.8 Å². The first-order valence-corrected chi connectivity index (χ1v) is 8.51. The van der Waals surface area contributed by atoms with Crippen LogP contribution in [0, 0.1) is 5.82 Å². The van der Waals surface area contributed by atoms with Crippen LogP contribution in [0.2, 0.25) is 0 Å². The second-order valence-electron chi connectivity index (χ2n) is 5.78. The van der Waals surface area contributed by atoms with Crippen molar-refractivity contribution in [3.05, 3.63) is 60.0 Å². The SMILES string of the molecule is COc1cc(Nc2nccc(NCc3ccc(F)cc3)n2)cc(OC)c1OC. The van der Waals surface area contributed by atoms with E-state index in [1.54, 1.807) is 57.9 Å². The van der Waals surface area contributed by atoms with E-state index in [2.05, 4.69) is 20.6 Å². The molecule has 3 aromatic rings. The largest absolute Gasteiger partial charge is 0.493 e. The lowest BCUT2D eigenvalue weighted by Crippen LogP contribution is -2.04. The zero-order chi connectivity index (χ0) is 19.9. The number of anilines is 3. The molecule has 2 aromatic carbocycles. The minimum Gasteiger partial charge on any atom is -0.493 e. The molecule has 28 heavy (non-hydrogen) atoms. The van der Waals surface area contributed by atoms with E-state index in [-0.39, 0.29) is 5.82 Å². The van der Waals surface area contributed by atoms with Crippen molar-refractivity contribution in [3.8, 4) is 17.2 Å². The standard InChI is InChI=1S/C20H21FN4O3/c1-26-16-10-15(11-17(27-2)19(16)28-3)24-20-22-9-8-18(25-20)23-12-13-4-6-14(21)7-5-13/h4-11H,12H2,1-3H3,(H2,22,23,24,25). The quantitative estimate of drug-likeness (QED) is 0.608. The third kappa shape index (κ3) is 4.59. The van der Waals surface area contributed by atoms with Crippen molar-refractivity contribution in [1.82, 2.24) is 9.97 Å². The smallest absolute Gasteiger partial charge is 0.229 e. The zero-order valence-corrected chi connectivity index (χ0v) is 15.8. The Hall–Kier alpha value is -3.55. The van der Waals surface area contributed by atoms with E-state index in [9.17, 15) is 4.39 Å². The van der Waals surface area contributed by atoms with Crippen LogP contribution in [0.25, 0.3) is 0 Å². The number of methoxy groups -OCH3 is 3. The van der Waals surface area contributed by atoms with Crippen LogP contribution in [0.3, 0.4) is 0 Å². The first-order valence-electron chi connectivity index (χ1n) is 8.51. The Morgan fingerprint density at radius 3 is 2.21 bits per heavy atom. The molecule has 0 amide bonds. The molecule has 0 spiro atoms. The van der Waals surface area contributed by atoms with Crippen molar-refractivity contribution >= 4 is 17.5 Å². The summed E-state index contributed by atoms with van der Waals surface area (Å²) in [4.78, 5) is 8.66. The van der Waals surface area contributed by atoms with Crippen molar-refractivity contribution in [1.29, 1.82) is 0 Å². The van der Waals surface area contributed by atoms with Gasteiger partial charge in [0.15, 0.2) is 11.5 Å². The fraction of sp³-hybridized carbons (Fsp3) is 0.200. The second-order valence-corrected chi connectivity index (χ2v) is 5.78. The average molecular weight is 384 g/mol. The molecule has 1 aromatic heterocycles. The first kappa shape index (κ1) is 19.2. The molecule has 0 bridgehead atoms. The monoisotopic (exact) mass is 384 g/mol. The topological polar surface area (TPSA) is 77.5 Å². The lowest BCUT2D eigenvalue weighted by molar-refractivity contribution is 0.324. The van der Waals surface area contributed by atoms with E-state index in [4.69, 9.17) is 14.2 Å². The van der Waals surface area contributed by atoms with E-state index < -0.39 is 0 Å². The van der Waals surface area contributed by atoms with Crippen LogP contribution in [0.5, 0.6) is 17.2 Å². The van der Waals surface area contributed by atoms with Gasteiger partial charge in [0.05, 0.1) is 21.3 Å². The Morgan fingerprint density at radius 1 is 0.929 bits per heavy atom. The Balaban J connectivity index is 1.74. The van der Waals surface area contributed by atoms with Crippen molar-refractivity contribution < 1.29 is 18.6 Å². The Bertz CT molecular complexity index is 910. The Morgan fingerprint density at radius 2 is 1.61 bits per heavy atom. The molecule has 8 heteroatoms. The molecule has 0 unspecified atom stereocenters. The molecular formula is C20H21FN4O3. The molecule has 0 saturated heterocycles. The number of ether oxygens (including phenoxy) is 3. The van der Waals surface area contributed by atoms with Crippen LogP contribution in [0.1, 0.15) is 5.56 Å². The molecule has 0 aliphatic rings. The van der Waals surface area contributed by atoms with Crippen LogP contribution in [0.4, 0.5) is 21.8 Å². The van der Waals surface area contributed by atoms with Crippen molar-refractivity contribution in [2.24, 2.45) is 0 Å². The maximum atomic E-state index is 13.0. The molecule has 0 aliphatic carbocycles. The van der Waals surface area contributed by atoms with Gasteiger partial charge in [-0.1, -0.05) is 12.1 Å². The molecule has 146 valence electrons. The third-order valence-electron chi connectivity index (χ3n) is 3.96. The van der Waals surface area contributed by atoms with Crippen LogP contribution < -0.4 is 24.8 Å². The van der Waals surface area contributed by atoms with Gasteiger partial charge in [0.2, 0.25) is 11.7 Å². The number of halogens is 1. The van der Waals surface area contributed by atoms with Crippen molar-refractivity contribution in [2.75, 3.05) is 32.0 Å². The summed E-state index contributed by atoms with van der Waals surface area (Å²) in [7, 11) is 4.65. The number of benzene rings is 2. The number of nitrogens with one attached hydrogen (secondary N) is 2. The van der Waals surface area contributed by atoms with Crippen LogP contribution in [-0.2, 0) is 6.54 Å². The van der Waals surface area contributed by atoms with Crippen LogP contribution in [-0.4, -0.2) is 31.3 Å².